The quantitative estimate of drug-likeness (QED) is 0.0720. The standard InChI is InChI=1S/C42H44ClF3N8O6/c1-41(2,3)59-34(55)14-13-23-10-8-11-24-19-47-20-33(35(23)24)54-38(56)50-37(53(40(54)58)21-25-16-30(45)31(46)18-29(25)44)49-36-26(12-9-15-48-39(57)60-42(4,5)6)27-22-52(7)51-32(27)17-28(36)43/h8,10-11,16-20,22H,9,12-15,21H2,1-7H3,(H,48,57)(H,49,50,56). The number of carbonyl (C=O) groups excluding carboxylic acids is 2. The Balaban J connectivity index is 1.48. The average molecular weight is 849 g/mol. The molecule has 6 rings (SSSR count). The van der Waals surface area contributed by atoms with Gasteiger partial charge in [0.05, 0.1) is 34.7 Å². The fraction of sp³-hybridized carbons (Fsp3) is 0.357. The topological polar surface area (TPSA) is 164 Å². The second kappa shape index (κ2) is 17.2. The van der Waals surface area contributed by atoms with E-state index in [0.717, 1.165) is 9.13 Å². The molecule has 6 aromatic rings. The highest BCUT2D eigenvalue weighted by Crippen LogP contribution is 2.36. The molecular weight excluding hydrogens is 805 g/mol. The van der Waals surface area contributed by atoms with Crippen molar-refractivity contribution in [2.24, 2.45) is 7.05 Å². The lowest BCUT2D eigenvalue weighted by Gasteiger charge is -2.21. The number of hydrogen-bond acceptors (Lipinski definition) is 10. The van der Waals surface area contributed by atoms with E-state index in [0.29, 0.717) is 51.4 Å². The summed E-state index contributed by atoms with van der Waals surface area (Å²) in [5.74, 6) is -4.82. The SMILES string of the molecule is Cn1cc2c(CCCNC(=O)OC(C)(C)C)c(Nc3nc(=O)n(-c4cncc5cccc(CCC(=O)OC(C)(C)C)c45)c(=O)n3Cc3cc(F)c(F)cc3F)c(Cl)cc2n1. The molecule has 0 bridgehead atoms. The number of aromatic nitrogens is 6. The van der Waals surface area contributed by atoms with Crippen LogP contribution in [0.25, 0.3) is 27.4 Å². The second-order valence-electron chi connectivity index (χ2n) is 16.1. The molecule has 0 aliphatic heterocycles. The molecule has 316 valence electrons. The van der Waals surface area contributed by atoms with Crippen molar-refractivity contribution in [3.8, 4) is 5.69 Å². The molecule has 14 nitrogen and oxygen atoms in total. The summed E-state index contributed by atoms with van der Waals surface area (Å²) in [6.07, 6.45) is 4.78. The Morgan fingerprint density at radius 2 is 1.62 bits per heavy atom. The summed E-state index contributed by atoms with van der Waals surface area (Å²) in [4.78, 5) is 62.5. The van der Waals surface area contributed by atoms with Gasteiger partial charge in [0.1, 0.15) is 17.0 Å². The van der Waals surface area contributed by atoms with Gasteiger partial charge in [-0.25, -0.2) is 32.1 Å². The third-order valence-corrected chi connectivity index (χ3v) is 9.39. The molecule has 0 unspecified atom stereocenters. The number of amides is 1. The highest BCUT2D eigenvalue weighted by molar-refractivity contribution is 6.34. The van der Waals surface area contributed by atoms with Gasteiger partial charge >= 0.3 is 23.4 Å². The molecule has 3 heterocycles. The molecule has 0 aliphatic rings. The number of carbonyl (C=O) groups is 2. The molecule has 0 atom stereocenters. The number of alkyl carbamates (subject to hydrolysis) is 1. The van der Waals surface area contributed by atoms with Crippen molar-refractivity contribution >= 4 is 57.0 Å². The number of esters is 1. The minimum absolute atomic E-state index is 0.00818. The van der Waals surface area contributed by atoms with Crippen molar-refractivity contribution in [3.63, 3.8) is 0 Å². The first-order valence-electron chi connectivity index (χ1n) is 19.0. The van der Waals surface area contributed by atoms with Gasteiger partial charge in [-0.05, 0) is 84.1 Å². The van der Waals surface area contributed by atoms with Gasteiger partial charge in [-0.2, -0.15) is 10.1 Å². The Labute approximate surface area is 347 Å². The van der Waals surface area contributed by atoms with Gasteiger partial charge in [-0.15, -0.1) is 0 Å². The van der Waals surface area contributed by atoms with Crippen molar-refractivity contribution in [3.05, 3.63) is 115 Å². The van der Waals surface area contributed by atoms with Crippen molar-refractivity contribution < 1.29 is 32.2 Å². The summed E-state index contributed by atoms with van der Waals surface area (Å²) in [5.41, 5.74) is -2.04. The second-order valence-corrected chi connectivity index (χ2v) is 16.6. The van der Waals surface area contributed by atoms with Gasteiger partial charge in [-0.1, -0.05) is 29.8 Å². The number of aryl methyl sites for hydroxylation is 3. The maximum absolute atomic E-state index is 15.3. The van der Waals surface area contributed by atoms with E-state index in [2.05, 4.69) is 25.7 Å². The first-order valence-corrected chi connectivity index (χ1v) is 19.4. The molecule has 3 aromatic carbocycles. The van der Waals surface area contributed by atoms with E-state index < -0.39 is 70.2 Å². The van der Waals surface area contributed by atoms with Crippen molar-refractivity contribution in [1.29, 1.82) is 0 Å². The van der Waals surface area contributed by atoms with E-state index in [1.165, 1.54) is 12.4 Å². The van der Waals surface area contributed by atoms with Crippen LogP contribution in [0.5, 0.6) is 0 Å². The third-order valence-electron chi connectivity index (χ3n) is 9.09. The lowest BCUT2D eigenvalue weighted by Crippen LogP contribution is -2.42. The minimum atomic E-state index is -1.44. The molecule has 3 aromatic heterocycles. The van der Waals surface area contributed by atoms with Crippen molar-refractivity contribution in [2.45, 2.75) is 85.0 Å². The van der Waals surface area contributed by atoms with Crippen molar-refractivity contribution in [1.82, 2.24) is 34.2 Å². The van der Waals surface area contributed by atoms with E-state index in [4.69, 9.17) is 21.1 Å². The number of hydrogen-bond donors (Lipinski definition) is 2. The van der Waals surface area contributed by atoms with Crippen LogP contribution in [0.4, 0.5) is 29.6 Å². The number of anilines is 2. The first kappa shape index (κ1) is 43.4. The minimum Gasteiger partial charge on any atom is -0.460 e. The van der Waals surface area contributed by atoms with E-state index >= 15 is 4.39 Å². The summed E-state index contributed by atoms with van der Waals surface area (Å²) in [6.45, 7) is 9.97. The number of benzene rings is 3. The van der Waals surface area contributed by atoms with Crippen LogP contribution in [0.15, 0.2) is 64.6 Å². The molecule has 0 radical (unpaired) electrons. The molecule has 1 amide bonds. The molecule has 0 saturated heterocycles. The fourth-order valence-electron chi connectivity index (χ4n) is 6.69. The third kappa shape index (κ3) is 9.96. The molecule has 2 N–H and O–H groups in total. The van der Waals surface area contributed by atoms with Crippen LogP contribution >= 0.6 is 11.6 Å². The van der Waals surface area contributed by atoms with Gasteiger partial charge in [0.25, 0.3) is 0 Å². The Hall–Kier alpha value is -6.23. The average Bonchev–Trinajstić information content (AvgIpc) is 3.51. The summed E-state index contributed by atoms with van der Waals surface area (Å²) in [5, 5.41) is 11.9. The maximum Gasteiger partial charge on any atom is 0.407 e. The molecule has 0 saturated carbocycles. The molecule has 60 heavy (non-hydrogen) atoms. The Morgan fingerprint density at radius 1 is 0.900 bits per heavy atom. The van der Waals surface area contributed by atoms with Crippen LogP contribution in [0, 0.1) is 17.5 Å². The molecule has 18 heteroatoms. The largest absolute Gasteiger partial charge is 0.460 e. The normalized spacial score (nSPS) is 11.9. The highest BCUT2D eigenvalue weighted by atomic mass is 35.5. The number of nitrogens with zero attached hydrogens (tertiary/aromatic N) is 6. The number of halogens is 4. The first-order chi connectivity index (χ1) is 28.2. The molecule has 0 aliphatic carbocycles. The number of ether oxygens (including phenoxy) is 2. The monoisotopic (exact) mass is 848 g/mol. The summed E-state index contributed by atoms with van der Waals surface area (Å²) in [7, 11) is 1.72. The lowest BCUT2D eigenvalue weighted by atomic mass is 10.0. The smallest absolute Gasteiger partial charge is 0.407 e. The maximum atomic E-state index is 15.3. The van der Waals surface area contributed by atoms with Gasteiger partial charge < -0.3 is 20.1 Å². The zero-order valence-electron chi connectivity index (χ0n) is 34.1. The van der Waals surface area contributed by atoms with E-state index in [1.54, 1.807) is 83.7 Å². The summed E-state index contributed by atoms with van der Waals surface area (Å²) in [6, 6.07) is 7.73. The zero-order valence-corrected chi connectivity index (χ0v) is 34.8. The predicted octanol–water partition coefficient (Wildman–Crippen LogP) is 7.42. The summed E-state index contributed by atoms with van der Waals surface area (Å²) < 4.78 is 58.0. The van der Waals surface area contributed by atoms with Crippen LogP contribution in [-0.4, -0.2) is 58.7 Å². The lowest BCUT2D eigenvalue weighted by molar-refractivity contribution is -0.154. The number of nitrogens with one attached hydrogen (secondary N) is 2. The molecule has 0 fully saturated rings. The van der Waals surface area contributed by atoms with Crippen molar-refractivity contribution in [2.75, 3.05) is 11.9 Å². The van der Waals surface area contributed by atoms with Crippen LogP contribution in [-0.2, 0) is 40.7 Å². The summed E-state index contributed by atoms with van der Waals surface area (Å²) >= 11 is 6.86. The molecule has 0 spiro atoms. The van der Waals surface area contributed by atoms with E-state index in [9.17, 15) is 28.0 Å². The Bertz CT molecular complexity index is 2750. The zero-order chi connectivity index (χ0) is 43.7. The highest BCUT2D eigenvalue weighted by Gasteiger charge is 2.24. The Morgan fingerprint density at radius 3 is 2.33 bits per heavy atom. The van der Waals surface area contributed by atoms with E-state index in [1.807, 2.05) is 0 Å². The van der Waals surface area contributed by atoms with Gasteiger partial charge in [0, 0.05) is 60.2 Å². The van der Waals surface area contributed by atoms with Gasteiger partial charge in [-0.3, -0.25) is 19.0 Å². The van der Waals surface area contributed by atoms with Crippen LogP contribution in [0.2, 0.25) is 5.02 Å². The molecular formula is C42H44ClF3N8O6. The van der Waals surface area contributed by atoms with Crippen LogP contribution in [0.3, 0.4) is 0 Å². The number of fused-ring (bicyclic) bond motifs is 2. The van der Waals surface area contributed by atoms with Gasteiger partial charge in [0.2, 0.25) is 5.95 Å². The number of rotatable bonds is 12. The number of pyridine rings is 1. The van der Waals surface area contributed by atoms with Gasteiger partial charge in [0.15, 0.2) is 11.6 Å². The van der Waals surface area contributed by atoms with E-state index in [-0.39, 0.29) is 42.2 Å². The van der Waals surface area contributed by atoms with Crippen LogP contribution < -0.4 is 22.0 Å². The predicted molar refractivity (Wildman–Crippen MR) is 221 cm³/mol. The Kier molecular flexibility index (Phi) is 12.4. The van der Waals surface area contributed by atoms with Crippen LogP contribution in [0.1, 0.15) is 71.1 Å². The fourth-order valence-corrected chi connectivity index (χ4v) is 6.95.